The quantitative estimate of drug-likeness (QED) is 0.818. The first-order valence-corrected chi connectivity index (χ1v) is 7.73. The van der Waals surface area contributed by atoms with Crippen molar-refractivity contribution in [1.82, 2.24) is 5.32 Å². The van der Waals surface area contributed by atoms with E-state index in [1.165, 1.54) is 0 Å². The van der Waals surface area contributed by atoms with E-state index >= 15 is 0 Å². The number of ether oxygens (including phenoxy) is 1. The van der Waals surface area contributed by atoms with Crippen LogP contribution in [0, 0.1) is 5.92 Å². The highest BCUT2D eigenvalue weighted by Gasteiger charge is 2.23. The second-order valence-corrected chi connectivity index (χ2v) is 6.17. The molecule has 5 nitrogen and oxygen atoms in total. The molecule has 1 atom stereocenters. The molecule has 1 amide bonds. The van der Waals surface area contributed by atoms with Gasteiger partial charge in [-0.25, -0.2) is 4.79 Å². The van der Waals surface area contributed by atoms with E-state index < -0.39 is 28.1 Å². The van der Waals surface area contributed by atoms with Crippen LogP contribution in [0.1, 0.15) is 19.4 Å². The van der Waals surface area contributed by atoms with E-state index in [1.54, 1.807) is 26.0 Å². The maximum absolute atomic E-state index is 12.7. The second-order valence-electron chi connectivity index (χ2n) is 4.76. The summed E-state index contributed by atoms with van der Waals surface area (Å²) in [7, 11) is -4.65. The van der Waals surface area contributed by atoms with Crippen molar-refractivity contribution >= 4 is 16.3 Å². The zero-order valence-corrected chi connectivity index (χ0v) is 12.2. The molecule has 0 heterocycles. The number of benzene rings is 1. The van der Waals surface area contributed by atoms with E-state index in [0.717, 1.165) is 5.56 Å². The van der Waals surface area contributed by atoms with E-state index in [0.29, 0.717) is 0 Å². The lowest BCUT2D eigenvalue weighted by Crippen LogP contribution is -2.42. The molecule has 0 aromatic heterocycles. The minimum Gasteiger partial charge on any atom is -0.445 e. The van der Waals surface area contributed by atoms with Gasteiger partial charge in [0.2, 0.25) is 0 Å². The summed E-state index contributed by atoms with van der Waals surface area (Å²) in [5.41, 5.74) is 0.807. The highest BCUT2D eigenvalue weighted by atomic mass is 32.3. The molecule has 0 unspecified atom stereocenters. The Morgan fingerprint density at radius 3 is 2.40 bits per heavy atom. The fourth-order valence-corrected chi connectivity index (χ4v) is 2.43. The van der Waals surface area contributed by atoms with Crippen LogP contribution >= 0.6 is 0 Å². The van der Waals surface area contributed by atoms with E-state index in [4.69, 9.17) is 4.74 Å². The molecule has 1 rings (SSSR count). The Kier molecular flexibility index (Phi) is 5.94. The molecule has 0 saturated carbocycles. The number of carbonyl (C=O) groups is 1. The molecule has 0 fully saturated rings. The minimum absolute atomic E-state index is 0.0693. The van der Waals surface area contributed by atoms with E-state index in [2.05, 4.69) is 5.32 Å². The van der Waals surface area contributed by atoms with Crippen molar-refractivity contribution in [3.05, 3.63) is 35.9 Å². The molecule has 1 aromatic rings. The summed E-state index contributed by atoms with van der Waals surface area (Å²) >= 11 is 0. The van der Waals surface area contributed by atoms with Gasteiger partial charge in [0.15, 0.2) is 0 Å². The molecule has 0 radical (unpaired) electrons. The average molecular weight is 303 g/mol. The first-order valence-electron chi connectivity index (χ1n) is 6.17. The van der Waals surface area contributed by atoms with Crippen LogP contribution < -0.4 is 5.32 Å². The summed E-state index contributed by atoms with van der Waals surface area (Å²) in [6, 6.07) is 8.21. The molecule has 0 aliphatic carbocycles. The largest absolute Gasteiger partial charge is 0.445 e. The summed E-state index contributed by atoms with van der Waals surface area (Å²) in [4.78, 5) is 11.6. The molecular formula is C13H18FNO4S. The minimum atomic E-state index is -4.65. The summed E-state index contributed by atoms with van der Waals surface area (Å²) in [6.07, 6.45) is -0.767. The van der Waals surface area contributed by atoms with Crippen molar-refractivity contribution in [3.63, 3.8) is 0 Å². The smallest absolute Gasteiger partial charge is 0.407 e. The van der Waals surface area contributed by atoms with Gasteiger partial charge in [-0.1, -0.05) is 44.2 Å². The topological polar surface area (TPSA) is 72.5 Å². The van der Waals surface area contributed by atoms with Gasteiger partial charge in [-0.05, 0) is 11.5 Å². The van der Waals surface area contributed by atoms with Gasteiger partial charge in [0, 0.05) is 0 Å². The van der Waals surface area contributed by atoms with Crippen molar-refractivity contribution in [1.29, 1.82) is 0 Å². The first-order chi connectivity index (χ1) is 9.28. The molecule has 0 spiro atoms. The molecule has 7 heteroatoms. The highest BCUT2D eigenvalue weighted by Crippen LogP contribution is 2.07. The molecule has 1 N–H and O–H groups in total. The van der Waals surface area contributed by atoms with Gasteiger partial charge in [-0.15, -0.1) is 3.89 Å². The lowest BCUT2D eigenvalue weighted by molar-refractivity contribution is 0.134. The number of alkyl carbamates (subject to hydrolysis) is 1. The van der Waals surface area contributed by atoms with Crippen LogP contribution in [0.5, 0.6) is 0 Å². The van der Waals surface area contributed by atoms with Crippen molar-refractivity contribution in [2.75, 3.05) is 5.75 Å². The number of halogens is 1. The molecule has 0 aliphatic rings. The van der Waals surface area contributed by atoms with Crippen LogP contribution in [0.4, 0.5) is 8.68 Å². The van der Waals surface area contributed by atoms with E-state index in [-0.39, 0.29) is 12.5 Å². The highest BCUT2D eigenvalue weighted by molar-refractivity contribution is 7.86. The summed E-state index contributed by atoms with van der Waals surface area (Å²) < 4.78 is 38.9. The number of nitrogens with one attached hydrogen (secondary N) is 1. The SMILES string of the molecule is CC(C)[C@@H](CS(=O)(=O)F)NC(=O)OCc1ccccc1. The number of hydrogen-bond donors (Lipinski definition) is 1. The van der Waals surface area contributed by atoms with E-state index in [9.17, 15) is 17.1 Å². The van der Waals surface area contributed by atoms with Crippen LogP contribution in [0.25, 0.3) is 0 Å². The van der Waals surface area contributed by atoms with Crippen LogP contribution in [0.15, 0.2) is 30.3 Å². The van der Waals surface area contributed by atoms with Crippen LogP contribution in [0.3, 0.4) is 0 Å². The molecule has 0 saturated heterocycles. The molecular weight excluding hydrogens is 285 g/mol. The fourth-order valence-electron chi connectivity index (χ4n) is 1.53. The summed E-state index contributed by atoms with van der Waals surface area (Å²) in [6.45, 7) is 3.44. The van der Waals surface area contributed by atoms with Gasteiger partial charge in [0.1, 0.15) is 12.4 Å². The van der Waals surface area contributed by atoms with Gasteiger partial charge in [0.25, 0.3) is 0 Å². The Morgan fingerprint density at radius 2 is 1.90 bits per heavy atom. The monoisotopic (exact) mass is 303 g/mol. The van der Waals surface area contributed by atoms with Gasteiger partial charge < -0.3 is 10.1 Å². The lowest BCUT2D eigenvalue weighted by atomic mass is 10.1. The number of hydrogen-bond acceptors (Lipinski definition) is 4. The standard InChI is InChI=1S/C13H18FNO4S/c1-10(2)12(9-20(14,17)18)15-13(16)19-8-11-6-4-3-5-7-11/h3-7,10,12H,8-9H2,1-2H3,(H,15,16)/t12-/m1/s1. The molecule has 0 aliphatic heterocycles. The predicted molar refractivity (Wildman–Crippen MR) is 73.3 cm³/mol. The number of rotatable bonds is 6. The Labute approximate surface area is 118 Å². The molecule has 0 bridgehead atoms. The Morgan fingerprint density at radius 1 is 1.30 bits per heavy atom. The third-order valence-electron chi connectivity index (χ3n) is 2.70. The second kappa shape index (κ2) is 7.23. The van der Waals surface area contributed by atoms with Gasteiger partial charge in [0.05, 0.1) is 6.04 Å². The summed E-state index contributed by atoms with van der Waals surface area (Å²) in [5, 5.41) is 2.36. The maximum Gasteiger partial charge on any atom is 0.407 e. The van der Waals surface area contributed by atoms with E-state index in [1.807, 2.05) is 18.2 Å². The number of carbonyl (C=O) groups excluding carboxylic acids is 1. The Hall–Kier alpha value is -1.63. The Balaban J connectivity index is 2.50. The maximum atomic E-state index is 12.7. The van der Waals surface area contributed by atoms with Gasteiger partial charge in [-0.2, -0.15) is 8.42 Å². The van der Waals surface area contributed by atoms with Gasteiger partial charge >= 0.3 is 16.3 Å². The zero-order valence-electron chi connectivity index (χ0n) is 11.4. The average Bonchev–Trinajstić information content (AvgIpc) is 2.35. The fraction of sp³-hybridized carbons (Fsp3) is 0.462. The van der Waals surface area contributed by atoms with Crippen LogP contribution in [0.2, 0.25) is 0 Å². The van der Waals surface area contributed by atoms with Gasteiger partial charge in [-0.3, -0.25) is 0 Å². The third kappa shape index (κ3) is 6.51. The van der Waals surface area contributed by atoms with Crippen molar-refractivity contribution < 1.29 is 21.8 Å². The van der Waals surface area contributed by atoms with Crippen LogP contribution in [-0.2, 0) is 21.6 Å². The number of amides is 1. The molecule has 20 heavy (non-hydrogen) atoms. The van der Waals surface area contributed by atoms with Crippen molar-refractivity contribution in [2.45, 2.75) is 26.5 Å². The van der Waals surface area contributed by atoms with Crippen molar-refractivity contribution in [3.8, 4) is 0 Å². The van der Waals surface area contributed by atoms with Crippen LogP contribution in [-0.4, -0.2) is 26.3 Å². The predicted octanol–water partition coefficient (Wildman–Crippen LogP) is 2.24. The molecule has 1 aromatic carbocycles. The van der Waals surface area contributed by atoms with Crippen molar-refractivity contribution in [2.24, 2.45) is 5.92 Å². The normalized spacial score (nSPS) is 13.0. The molecule has 112 valence electrons. The third-order valence-corrected chi connectivity index (χ3v) is 3.46. The lowest BCUT2D eigenvalue weighted by Gasteiger charge is -2.20. The Bertz CT molecular complexity index is 531. The summed E-state index contributed by atoms with van der Waals surface area (Å²) in [5.74, 6) is -0.990. The first kappa shape index (κ1) is 16.4. The zero-order chi connectivity index (χ0) is 15.2.